The van der Waals surface area contributed by atoms with Crippen LogP contribution in [-0.4, -0.2) is 32.4 Å². The number of hydrogen-bond acceptors (Lipinski definition) is 7. The summed E-state index contributed by atoms with van der Waals surface area (Å²) in [6.45, 7) is 6.77. The second-order valence-electron chi connectivity index (χ2n) is 7.16. The standard InChI is InChI=1S/C23H23ClN4O5/c1-4-7-14-12-17(19(32-6-3)13-18(14)31-5-2)20-26-28-22(33-20)25-21(29)27(23(28)30)16-10-8-15(24)9-11-16/h8-13H,4-7H2,1-3H3. The molecule has 9 nitrogen and oxygen atoms in total. The molecular formula is C23H23ClN4O5. The SMILES string of the molecule is CCCc1cc(-c2nn3c(=O)n(-c4ccc(Cl)cc4)c(=O)nc3o2)c(OCC)cc1OCC. The molecule has 0 saturated carbocycles. The van der Waals surface area contributed by atoms with Gasteiger partial charge in [-0.25, -0.2) is 14.2 Å². The fourth-order valence-corrected chi connectivity index (χ4v) is 3.64. The predicted molar refractivity (Wildman–Crippen MR) is 124 cm³/mol. The molecular weight excluding hydrogens is 448 g/mol. The molecule has 172 valence electrons. The van der Waals surface area contributed by atoms with Crippen LogP contribution in [0, 0.1) is 0 Å². The van der Waals surface area contributed by atoms with E-state index in [0.717, 1.165) is 33.2 Å². The number of aromatic nitrogens is 4. The quantitative estimate of drug-likeness (QED) is 0.385. The summed E-state index contributed by atoms with van der Waals surface area (Å²) in [5.41, 5.74) is 0.329. The number of ether oxygens (including phenoxy) is 2. The van der Waals surface area contributed by atoms with Gasteiger partial charge in [0, 0.05) is 11.1 Å². The van der Waals surface area contributed by atoms with Gasteiger partial charge in [-0.1, -0.05) is 24.9 Å². The Labute approximate surface area is 194 Å². The number of nitrogens with zero attached hydrogens (tertiary/aromatic N) is 4. The first-order valence-electron chi connectivity index (χ1n) is 10.7. The van der Waals surface area contributed by atoms with Gasteiger partial charge >= 0.3 is 17.2 Å². The van der Waals surface area contributed by atoms with Crippen LogP contribution in [0.5, 0.6) is 11.5 Å². The maximum Gasteiger partial charge on any atom is 0.362 e. The monoisotopic (exact) mass is 470 g/mol. The van der Waals surface area contributed by atoms with Crippen LogP contribution in [0.15, 0.2) is 50.4 Å². The lowest BCUT2D eigenvalue weighted by atomic mass is 10.0. The molecule has 0 bridgehead atoms. The normalized spacial score (nSPS) is 11.2. The average Bonchev–Trinajstić information content (AvgIpc) is 3.21. The zero-order valence-corrected chi connectivity index (χ0v) is 19.3. The Kier molecular flexibility index (Phi) is 6.50. The summed E-state index contributed by atoms with van der Waals surface area (Å²) in [5, 5.41) is 4.79. The lowest BCUT2D eigenvalue weighted by Crippen LogP contribution is -2.38. The maximum atomic E-state index is 13.1. The molecule has 10 heteroatoms. The number of benzene rings is 2. The van der Waals surface area contributed by atoms with Crippen LogP contribution in [0.4, 0.5) is 0 Å². The van der Waals surface area contributed by atoms with E-state index >= 15 is 0 Å². The maximum absolute atomic E-state index is 13.1. The first-order chi connectivity index (χ1) is 16.0. The second-order valence-corrected chi connectivity index (χ2v) is 7.60. The molecule has 2 aromatic heterocycles. The van der Waals surface area contributed by atoms with Crippen molar-refractivity contribution in [2.24, 2.45) is 0 Å². The summed E-state index contributed by atoms with van der Waals surface area (Å²) in [4.78, 5) is 29.6. The zero-order valence-electron chi connectivity index (χ0n) is 18.5. The lowest BCUT2D eigenvalue weighted by molar-refractivity contribution is 0.321. The predicted octanol–water partition coefficient (Wildman–Crippen LogP) is 3.90. The largest absolute Gasteiger partial charge is 0.493 e. The summed E-state index contributed by atoms with van der Waals surface area (Å²) in [5.74, 6) is 1.11. The molecule has 33 heavy (non-hydrogen) atoms. The molecule has 0 unspecified atom stereocenters. The molecule has 0 radical (unpaired) electrons. The van der Waals surface area contributed by atoms with Gasteiger partial charge in [0.25, 0.3) is 5.89 Å². The van der Waals surface area contributed by atoms with Crippen molar-refractivity contribution >= 4 is 17.4 Å². The highest BCUT2D eigenvalue weighted by Gasteiger charge is 2.21. The van der Waals surface area contributed by atoms with Gasteiger partial charge in [0.1, 0.15) is 11.5 Å². The molecule has 0 fully saturated rings. The topological polar surface area (TPSA) is 101 Å². The molecule has 0 amide bonds. The number of rotatable bonds is 8. The molecule has 0 aliphatic rings. The first kappa shape index (κ1) is 22.6. The zero-order chi connectivity index (χ0) is 23.5. The second kappa shape index (κ2) is 9.50. The fourth-order valence-electron chi connectivity index (χ4n) is 3.51. The third-order valence-electron chi connectivity index (χ3n) is 4.91. The van der Waals surface area contributed by atoms with E-state index in [1.807, 2.05) is 19.9 Å². The molecule has 4 rings (SSSR count). The van der Waals surface area contributed by atoms with E-state index in [1.165, 1.54) is 0 Å². The minimum atomic E-state index is -0.784. The Balaban J connectivity index is 1.91. The Bertz CT molecular complexity index is 1410. The van der Waals surface area contributed by atoms with Crippen molar-refractivity contribution in [2.45, 2.75) is 33.6 Å². The number of aryl methyl sites for hydroxylation is 1. The minimum Gasteiger partial charge on any atom is -0.493 e. The van der Waals surface area contributed by atoms with E-state index in [4.69, 9.17) is 25.5 Å². The molecule has 0 spiro atoms. The Morgan fingerprint density at radius 3 is 2.36 bits per heavy atom. The van der Waals surface area contributed by atoms with Crippen molar-refractivity contribution in [3.05, 3.63) is 68.0 Å². The van der Waals surface area contributed by atoms with Crippen molar-refractivity contribution in [1.82, 2.24) is 19.2 Å². The van der Waals surface area contributed by atoms with E-state index in [9.17, 15) is 9.59 Å². The van der Waals surface area contributed by atoms with Crippen LogP contribution in [0.25, 0.3) is 23.0 Å². The van der Waals surface area contributed by atoms with E-state index < -0.39 is 11.4 Å². The van der Waals surface area contributed by atoms with Crippen molar-refractivity contribution in [1.29, 1.82) is 0 Å². The van der Waals surface area contributed by atoms with Gasteiger partial charge in [0.2, 0.25) is 0 Å². The van der Waals surface area contributed by atoms with Crippen LogP contribution in [0.2, 0.25) is 5.02 Å². The van der Waals surface area contributed by atoms with Crippen molar-refractivity contribution in [3.8, 4) is 28.6 Å². The highest BCUT2D eigenvalue weighted by atomic mass is 35.5. The van der Waals surface area contributed by atoms with Crippen LogP contribution in [-0.2, 0) is 6.42 Å². The van der Waals surface area contributed by atoms with Gasteiger partial charge in [-0.15, -0.1) is 14.6 Å². The molecule has 0 atom stereocenters. The number of halogens is 1. The average molecular weight is 471 g/mol. The van der Waals surface area contributed by atoms with Crippen LogP contribution >= 0.6 is 11.6 Å². The Morgan fingerprint density at radius 2 is 1.70 bits per heavy atom. The van der Waals surface area contributed by atoms with Crippen LogP contribution in [0.3, 0.4) is 0 Å². The van der Waals surface area contributed by atoms with Gasteiger partial charge in [0.05, 0.1) is 24.5 Å². The summed E-state index contributed by atoms with van der Waals surface area (Å²) in [6.07, 6.45) is 1.68. The Morgan fingerprint density at radius 1 is 1.00 bits per heavy atom. The molecule has 0 N–H and O–H groups in total. The fraction of sp³-hybridized carbons (Fsp3) is 0.304. The smallest absolute Gasteiger partial charge is 0.362 e. The minimum absolute atomic E-state index is 0.108. The Hall–Kier alpha value is -3.59. The van der Waals surface area contributed by atoms with Gasteiger partial charge in [-0.3, -0.25) is 0 Å². The summed E-state index contributed by atoms with van der Waals surface area (Å²) in [7, 11) is 0. The molecule has 2 aromatic carbocycles. The van der Waals surface area contributed by atoms with Crippen molar-refractivity contribution < 1.29 is 13.9 Å². The third kappa shape index (κ3) is 4.36. The molecule has 2 heterocycles. The van der Waals surface area contributed by atoms with Gasteiger partial charge in [0.15, 0.2) is 0 Å². The highest BCUT2D eigenvalue weighted by molar-refractivity contribution is 6.30. The summed E-state index contributed by atoms with van der Waals surface area (Å²) >= 11 is 5.92. The number of fused-ring (bicyclic) bond motifs is 1. The lowest BCUT2D eigenvalue weighted by Gasteiger charge is -2.15. The highest BCUT2D eigenvalue weighted by Crippen LogP contribution is 2.36. The van der Waals surface area contributed by atoms with Crippen molar-refractivity contribution in [2.75, 3.05) is 13.2 Å². The van der Waals surface area contributed by atoms with E-state index in [0.29, 0.717) is 35.2 Å². The van der Waals surface area contributed by atoms with E-state index in [2.05, 4.69) is 17.0 Å². The molecule has 0 aliphatic heterocycles. The van der Waals surface area contributed by atoms with Crippen LogP contribution < -0.4 is 20.9 Å². The van der Waals surface area contributed by atoms with Gasteiger partial charge in [-0.2, -0.15) is 0 Å². The van der Waals surface area contributed by atoms with E-state index in [1.54, 1.807) is 30.3 Å². The van der Waals surface area contributed by atoms with Crippen LogP contribution in [0.1, 0.15) is 32.8 Å². The summed E-state index contributed by atoms with van der Waals surface area (Å²) < 4.78 is 19.2. The van der Waals surface area contributed by atoms with E-state index in [-0.39, 0.29) is 11.7 Å². The molecule has 4 aromatic rings. The van der Waals surface area contributed by atoms with Gasteiger partial charge in [-0.05, 0) is 56.2 Å². The number of hydrogen-bond donors (Lipinski definition) is 0. The third-order valence-corrected chi connectivity index (χ3v) is 5.16. The van der Waals surface area contributed by atoms with Gasteiger partial charge < -0.3 is 13.9 Å². The van der Waals surface area contributed by atoms with Crippen molar-refractivity contribution in [3.63, 3.8) is 0 Å². The summed E-state index contributed by atoms with van der Waals surface area (Å²) in [6, 6.07) is 9.93. The molecule has 0 aliphatic carbocycles. The first-order valence-corrected chi connectivity index (χ1v) is 11.1. The molecule has 0 saturated heterocycles.